The molecule has 0 spiro atoms. The van der Waals surface area contributed by atoms with E-state index in [1.807, 2.05) is 4.90 Å². The highest BCUT2D eigenvalue weighted by Gasteiger charge is 2.30. The van der Waals surface area contributed by atoms with Gasteiger partial charge in [0, 0.05) is 26.2 Å². The maximum Gasteiger partial charge on any atom is 0.413 e. The molecule has 8 heteroatoms. The van der Waals surface area contributed by atoms with Gasteiger partial charge < -0.3 is 4.74 Å². The Labute approximate surface area is 174 Å². The Morgan fingerprint density at radius 3 is 1.73 bits per heavy atom. The quantitative estimate of drug-likeness (QED) is 0.811. The van der Waals surface area contributed by atoms with Crippen molar-refractivity contribution in [2.75, 3.05) is 33.3 Å². The molecule has 1 aliphatic rings. The summed E-state index contributed by atoms with van der Waals surface area (Å²) in [5, 5.41) is 2.20. The highest BCUT2D eigenvalue weighted by molar-refractivity contribution is 5.94. The number of amides is 2. The number of methoxy groups -OCH3 is 1. The van der Waals surface area contributed by atoms with Gasteiger partial charge in [0.1, 0.15) is 11.6 Å². The van der Waals surface area contributed by atoms with E-state index >= 15 is 0 Å². The highest BCUT2D eigenvalue weighted by atomic mass is 19.1. The van der Waals surface area contributed by atoms with E-state index in [4.69, 9.17) is 0 Å². The van der Waals surface area contributed by atoms with Crippen LogP contribution in [0.1, 0.15) is 24.1 Å². The second-order valence-electron chi connectivity index (χ2n) is 7.23. The van der Waals surface area contributed by atoms with Crippen LogP contribution in [0.25, 0.3) is 0 Å². The Bertz CT molecular complexity index is 821. The molecule has 2 aromatic rings. The highest BCUT2D eigenvalue weighted by Crippen LogP contribution is 2.30. The second kappa shape index (κ2) is 9.77. The number of hydrogen-bond donors (Lipinski definition) is 1. The lowest BCUT2D eigenvalue weighted by molar-refractivity contribution is -0.125. The Kier molecular flexibility index (Phi) is 7.12. The van der Waals surface area contributed by atoms with Crippen molar-refractivity contribution < 1.29 is 23.1 Å². The first-order chi connectivity index (χ1) is 14.4. The smallest absolute Gasteiger partial charge is 0.413 e. The molecule has 0 aromatic heterocycles. The van der Waals surface area contributed by atoms with Crippen molar-refractivity contribution in [3.05, 3.63) is 71.3 Å². The number of carbonyl (C=O) groups excluding carboxylic acids is 2. The van der Waals surface area contributed by atoms with Gasteiger partial charge in [-0.05, 0) is 42.3 Å². The van der Waals surface area contributed by atoms with E-state index in [-0.39, 0.29) is 17.7 Å². The number of piperazine rings is 1. The third kappa shape index (κ3) is 5.20. The summed E-state index contributed by atoms with van der Waals surface area (Å²) in [4.78, 5) is 27.7. The van der Waals surface area contributed by atoms with Gasteiger partial charge in [0.15, 0.2) is 0 Å². The Morgan fingerprint density at radius 1 is 0.867 bits per heavy atom. The van der Waals surface area contributed by atoms with E-state index < -0.39 is 18.0 Å². The SMILES string of the molecule is COC(=O)NC(=O)[C@@H](C)N1CCN(C(c2ccc(F)cc2)c2ccc(F)cc2)CC1. The summed E-state index contributed by atoms with van der Waals surface area (Å²) in [6, 6.07) is 12.0. The monoisotopic (exact) mass is 417 g/mol. The van der Waals surface area contributed by atoms with Gasteiger partial charge in [-0.2, -0.15) is 0 Å². The number of carbonyl (C=O) groups is 2. The van der Waals surface area contributed by atoms with Gasteiger partial charge in [-0.1, -0.05) is 24.3 Å². The van der Waals surface area contributed by atoms with E-state index in [1.165, 1.54) is 31.4 Å². The third-order valence-corrected chi connectivity index (χ3v) is 5.42. The molecule has 30 heavy (non-hydrogen) atoms. The lowest BCUT2D eigenvalue weighted by atomic mass is 9.96. The van der Waals surface area contributed by atoms with Gasteiger partial charge in [0.25, 0.3) is 0 Å². The fraction of sp³-hybridized carbons (Fsp3) is 0.364. The number of rotatable bonds is 5. The third-order valence-electron chi connectivity index (χ3n) is 5.42. The van der Waals surface area contributed by atoms with Crippen LogP contribution in [0.3, 0.4) is 0 Å². The van der Waals surface area contributed by atoms with E-state index in [0.29, 0.717) is 26.2 Å². The number of imide groups is 1. The Balaban J connectivity index is 1.73. The zero-order chi connectivity index (χ0) is 21.7. The van der Waals surface area contributed by atoms with Crippen LogP contribution in [0, 0.1) is 11.6 Å². The molecule has 0 aliphatic carbocycles. The Hall–Kier alpha value is -2.84. The normalized spacial score (nSPS) is 16.3. The molecule has 0 bridgehead atoms. The van der Waals surface area contributed by atoms with Crippen molar-refractivity contribution in [3.63, 3.8) is 0 Å². The molecule has 1 saturated heterocycles. The lowest BCUT2D eigenvalue weighted by Crippen LogP contribution is -2.55. The first-order valence-electron chi connectivity index (χ1n) is 9.77. The van der Waals surface area contributed by atoms with E-state index in [2.05, 4.69) is 15.0 Å². The van der Waals surface area contributed by atoms with Gasteiger partial charge in [-0.3, -0.25) is 19.9 Å². The largest absolute Gasteiger partial charge is 0.453 e. The first kappa shape index (κ1) is 21.9. The second-order valence-corrected chi connectivity index (χ2v) is 7.23. The summed E-state index contributed by atoms with van der Waals surface area (Å²) < 4.78 is 31.3. The minimum atomic E-state index is -0.779. The number of alkyl carbamates (subject to hydrolysis) is 1. The van der Waals surface area contributed by atoms with Crippen LogP contribution < -0.4 is 5.32 Å². The van der Waals surface area contributed by atoms with Crippen LogP contribution in [0.15, 0.2) is 48.5 Å². The molecule has 1 heterocycles. The molecule has 1 atom stereocenters. The molecule has 0 saturated carbocycles. The Morgan fingerprint density at radius 2 is 1.30 bits per heavy atom. The van der Waals surface area contributed by atoms with Gasteiger partial charge in [0.05, 0.1) is 19.2 Å². The maximum atomic E-state index is 13.4. The lowest BCUT2D eigenvalue weighted by Gasteiger charge is -2.41. The number of nitrogens with zero attached hydrogens (tertiary/aromatic N) is 2. The van der Waals surface area contributed by atoms with E-state index in [0.717, 1.165) is 11.1 Å². The first-order valence-corrected chi connectivity index (χ1v) is 9.77. The molecular formula is C22H25F2N3O3. The fourth-order valence-electron chi connectivity index (χ4n) is 3.71. The van der Waals surface area contributed by atoms with Gasteiger partial charge in [0.2, 0.25) is 5.91 Å². The topological polar surface area (TPSA) is 61.9 Å². The minimum Gasteiger partial charge on any atom is -0.453 e. The molecule has 6 nitrogen and oxygen atoms in total. The summed E-state index contributed by atoms with van der Waals surface area (Å²) in [7, 11) is 1.21. The molecule has 2 amide bonds. The van der Waals surface area contributed by atoms with Crippen LogP contribution in [0.4, 0.5) is 13.6 Å². The van der Waals surface area contributed by atoms with Gasteiger partial charge in [-0.15, -0.1) is 0 Å². The van der Waals surface area contributed by atoms with Crippen LogP contribution in [-0.4, -0.2) is 61.1 Å². The van der Waals surface area contributed by atoms with Crippen molar-refractivity contribution in [1.82, 2.24) is 15.1 Å². The van der Waals surface area contributed by atoms with E-state index in [1.54, 1.807) is 31.2 Å². The van der Waals surface area contributed by atoms with Gasteiger partial charge in [-0.25, -0.2) is 13.6 Å². The summed E-state index contributed by atoms with van der Waals surface area (Å²) in [5.74, 6) is -1.04. The number of halogens is 2. The summed E-state index contributed by atoms with van der Waals surface area (Å²) in [6.07, 6.45) is -0.779. The average Bonchev–Trinajstić information content (AvgIpc) is 2.76. The molecule has 2 aromatic carbocycles. The van der Waals surface area contributed by atoms with Gasteiger partial charge >= 0.3 is 6.09 Å². The van der Waals surface area contributed by atoms with Crippen LogP contribution in [0.2, 0.25) is 0 Å². The van der Waals surface area contributed by atoms with E-state index in [9.17, 15) is 18.4 Å². The molecule has 0 radical (unpaired) electrons. The zero-order valence-electron chi connectivity index (χ0n) is 17.0. The zero-order valence-corrected chi connectivity index (χ0v) is 17.0. The van der Waals surface area contributed by atoms with Crippen molar-refractivity contribution in [1.29, 1.82) is 0 Å². The van der Waals surface area contributed by atoms with Crippen LogP contribution in [-0.2, 0) is 9.53 Å². The molecule has 1 N–H and O–H groups in total. The number of hydrogen-bond acceptors (Lipinski definition) is 5. The fourth-order valence-corrected chi connectivity index (χ4v) is 3.71. The number of ether oxygens (including phenoxy) is 1. The van der Waals surface area contributed by atoms with Crippen LogP contribution in [0.5, 0.6) is 0 Å². The molecule has 3 rings (SSSR count). The predicted molar refractivity (Wildman–Crippen MR) is 108 cm³/mol. The maximum absolute atomic E-state index is 13.4. The standard InChI is InChI=1S/C22H25F2N3O3/c1-15(21(28)25-22(29)30-2)26-11-13-27(14-12-26)20(16-3-7-18(23)8-4-16)17-5-9-19(24)10-6-17/h3-10,15,20H,11-14H2,1-2H3,(H,25,28,29)/t15-/m1/s1. The van der Waals surface area contributed by atoms with Crippen molar-refractivity contribution in [2.45, 2.75) is 19.0 Å². The molecule has 160 valence electrons. The summed E-state index contributed by atoms with van der Waals surface area (Å²) >= 11 is 0. The minimum absolute atomic E-state index is 0.160. The van der Waals surface area contributed by atoms with Crippen LogP contribution >= 0.6 is 0 Å². The predicted octanol–water partition coefficient (Wildman–Crippen LogP) is 2.94. The van der Waals surface area contributed by atoms with Crippen molar-refractivity contribution in [3.8, 4) is 0 Å². The van der Waals surface area contributed by atoms with Crippen molar-refractivity contribution >= 4 is 12.0 Å². The summed E-state index contributed by atoms with van der Waals surface area (Å²) in [6.45, 7) is 4.25. The number of benzene rings is 2. The molecule has 0 unspecified atom stereocenters. The number of nitrogens with one attached hydrogen (secondary N) is 1. The molecule has 1 aliphatic heterocycles. The molecular weight excluding hydrogens is 392 g/mol. The summed E-state index contributed by atoms with van der Waals surface area (Å²) in [5.41, 5.74) is 1.82. The average molecular weight is 417 g/mol. The van der Waals surface area contributed by atoms with Crippen molar-refractivity contribution in [2.24, 2.45) is 0 Å². The molecule has 1 fully saturated rings.